The van der Waals surface area contributed by atoms with Crippen molar-refractivity contribution >= 4 is 29.0 Å². The zero-order chi connectivity index (χ0) is 14.3. The first-order valence-corrected chi connectivity index (χ1v) is 7.09. The van der Waals surface area contributed by atoms with Gasteiger partial charge >= 0.3 is 0 Å². The zero-order valence-corrected chi connectivity index (χ0v) is 12.0. The Kier molecular flexibility index (Phi) is 3.55. The molecule has 2 atom stereocenters. The van der Waals surface area contributed by atoms with Crippen LogP contribution in [0.15, 0.2) is 42.5 Å². The molecule has 1 N–H and O–H groups in total. The van der Waals surface area contributed by atoms with E-state index in [9.17, 15) is 9.90 Å². The smallest absolute Gasteiger partial charge is 0.191 e. The summed E-state index contributed by atoms with van der Waals surface area (Å²) < 4.78 is 0. The van der Waals surface area contributed by atoms with Crippen molar-refractivity contribution in [2.45, 2.75) is 18.4 Å². The van der Waals surface area contributed by atoms with Crippen LogP contribution >= 0.6 is 23.2 Å². The summed E-state index contributed by atoms with van der Waals surface area (Å²) in [5, 5.41) is 10.9. The summed E-state index contributed by atoms with van der Waals surface area (Å²) in [4.78, 5) is 12.0. The van der Waals surface area contributed by atoms with E-state index in [2.05, 4.69) is 0 Å². The molecule has 1 aliphatic carbocycles. The minimum atomic E-state index is -0.968. The van der Waals surface area contributed by atoms with E-state index >= 15 is 0 Å². The van der Waals surface area contributed by atoms with E-state index in [1.54, 1.807) is 24.3 Å². The molecule has 20 heavy (non-hydrogen) atoms. The molecule has 0 fully saturated rings. The van der Waals surface area contributed by atoms with Crippen molar-refractivity contribution in [2.75, 3.05) is 0 Å². The first kappa shape index (κ1) is 13.6. The van der Waals surface area contributed by atoms with Gasteiger partial charge in [0.2, 0.25) is 0 Å². The number of hydrogen-bond acceptors (Lipinski definition) is 2. The standard InChI is InChI=1S/C16H12Cl2O2/c17-13-6-5-9(7-14(13)18)12-8-15(19)16(20)11-4-2-1-3-10(11)12/h1-7,12,15,19H,8H2/t12-,15+/m1/s1. The van der Waals surface area contributed by atoms with Crippen LogP contribution in [0.1, 0.15) is 33.8 Å². The third-order valence-corrected chi connectivity index (χ3v) is 4.45. The predicted molar refractivity (Wildman–Crippen MR) is 79.7 cm³/mol. The minimum Gasteiger partial charge on any atom is -0.385 e. The predicted octanol–water partition coefficient (Wildman–Crippen LogP) is 4.07. The van der Waals surface area contributed by atoms with Crippen molar-refractivity contribution in [1.82, 2.24) is 0 Å². The number of aliphatic hydroxyl groups excluding tert-OH is 1. The molecule has 3 rings (SSSR count). The van der Waals surface area contributed by atoms with Crippen LogP contribution in [0.3, 0.4) is 0 Å². The first-order valence-electron chi connectivity index (χ1n) is 6.34. The Morgan fingerprint density at radius 1 is 1.05 bits per heavy atom. The lowest BCUT2D eigenvalue weighted by atomic mass is 9.77. The fourth-order valence-corrected chi connectivity index (χ4v) is 3.01. The topological polar surface area (TPSA) is 37.3 Å². The third-order valence-electron chi connectivity index (χ3n) is 3.71. The van der Waals surface area contributed by atoms with Crippen molar-refractivity contribution < 1.29 is 9.90 Å². The molecule has 2 aromatic rings. The van der Waals surface area contributed by atoms with Crippen LogP contribution in [-0.4, -0.2) is 17.0 Å². The van der Waals surface area contributed by atoms with Crippen molar-refractivity contribution in [2.24, 2.45) is 0 Å². The molecule has 2 aromatic carbocycles. The van der Waals surface area contributed by atoms with Gasteiger partial charge in [0.05, 0.1) is 10.0 Å². The Labute approximate surface area is 127 Å². The highest BCUT2D eigenvalue weighted by molar-refractivity contribution is 6.42. The fourth-order valence-electron chi connectivity index (χ4n) is 2.71. The summed E-state index contributed by atoms with van der Waals surface area (Å²) >= 11 is 12.0. The number of hydrogen-bond donors (Lipinski definition) is 1. The normalized spacial score (nSPS) is 21.6. The third kappa shape index (κ3) is 2.24. The van der Waals surface area contributed by atoms with Crippen molar-refractivity contribution in [3.63, 3.8) is 0 Å². The molecule has 0 radical (unpaired) electrons. The molecule has 0 bridgehead atoms. The summed E-state index contributed by atoms with van der Waals surface area (Å²) in [6, 6.07) is 12.8. The summed E-state index contributed by atoms with van der Waals surface area (Å²) in [5.74, 6) is -0.259. The molecule has 0 saturated carbocycles. The highest BCUT2D eigenvalue weighted by Crippen LogP contribution is 2.38. The van der Waals surface area contributed by atoms with Gasteiger partial charge in [-0.05, 0) is 29.7 Å². The van der Waals surface area contributed by atoms with Gasteiger partial charge in [0.25, 0.3) is 0 Å². The summed E-state index contributed by atoms with van der Waals surface area (Å²) in [5.41, 5.74) is 2.47. The number of ketones is 1. The maximum Gasteiger partial charge on any atom is 0.191 e. The first-order chi connectivity index (χ1) is 9.58. The molecular formula is C16H12Cl2O2. The molecule has 0 aliphatic heterocycles. The van der Waals surface area contributed by atoms with Crippen LogP contribution in [0.4, 0.5) is 0 Å². The number of rotatable bonds is 1. The molecule has 0 unspecified atom stereocenters. The largest absolute Gasteiger partial charge is 0.385 e. The highest BCUT2D eigenvalue weighted by Gasteiger charge is 2.32. The van der Waals surface area contributed by atoms with E-state index in [1.807, 2.05) is 18.2 Å². The van der Waals surface area contributed by atoms with Gasteiger partial charge in [-0.3, -0.25) is 4.79 Å². The second-order valence-electron chi connectivity index (χ2n) is 4.93. The number of fused-ring (bicyclic) bond motifs is 1. The van der Waals surface area contributed by atoms with E-state index in [0.29, 0.717) is 22.0 Å². The number of aliphatic hydroxyl groups is 1. The monoisotopic (exact) mass is 306 g/mol. The number of carbonyl (C=O) groups is 1. The molecule has 102 valence electrons. The maximum atomic E-state index is 12.0. The van der Waals surface area contributed by atoms with E-state index in [-0.39, 0.29) is 11.7 Å². The van der Waals surface area contributed by atoms with Crippen LogP contribution in [0.5, 0.6) is 0 Å². The van der Waals surface area contributed by atoms with Crippen LogP contribution in [0.25, 0.3) is 0 Å². The Balaban J connectivity index is 2.12. The maximum absolute atomic E-state index is 12.0. The van der Waals surface area contributed by atoms with Gasteiger partial charge in [-0.2, -0.15) is 0 Å². The Bertz CT molecular complexity index is 682. The second kappa shape index (κ2) is 5.21. The van der Waals surface area contributed by atoms with Gasteiger partial charge in [0.15, 0.2) is 5.78 Å². The van der Waals surface area contributed by atoms with Crippen molar-refractivity contribution in [3.05, 3.63) is 69.2 Å². The quantitative estimate of drug-likeness (QED) is 0.862. The van der Waals surface area contributed by atoms with Gasteiger partial charge in [-0.25, -0.2) is 0 Å². The molecule has 0 saturated heterocycles. The summed E-state index contributed by atoms with van der Waals surface area (Å²) in [6.45, 7) is 0. The lowest BCUT2D eigenvalue weighted by molar-refractivity contribution is 0.0699. The highest BCUT2D eigenvalue weighted by atomic mass is 35.5. The average Bonchev–Trinajstić information content (AvgIpc) is 2.46. The lowest BCUT2D eigenvalue weighted by Gasteiger charge is -2.28. The lowest BCUT2D eigenvalue weighted by Crippen LogP contribution is -2.30. The SMILES string of the molecule is O=C1c2ccccc2[C@@H](c2ccc(Cl)c(Cl)c2)C[C@@H]1O. The molecule has 0 aromatic heterocycles. The van der Waals surface area contributed by atoms with E-state index in [4.69, 9.17) is 23.2 Å². The van der Waals surface area contributed by atoms with E-state index < -0.39 is 6.10 Å². The van der Waals surface area contributed by atoms with Gasteiger partial charge in [-0.1, -0.05) is 53.5 Å². The zero-order valence-electron chi connectivity index (χ0n) is 10.5. The van der Waals surface area contributed by atoms with Crippen molar-refractivity contribution in [1.29, 1.82) is 0 Å². The Morgan fingerprint density at radius 2 is 1.80 bits per heavy atom. The average molecular weight is 307 g/mol. The fraction of sp³-hybridized carbons (Fsp3) is 0.188. The summed E-state index contributed by atoms with van der Waals surface area (Å²) in [6.07, 6.45) is -0.599. The number of halogens is 2. The van der Waals surface area contributed by atoms with Crippen LogP contribution in [0.2, 0.25) is 10.0 Å². The van der Waals surface area contributed by atoms with Gasteiger partial charge in [0.1, 0.15) is 6.10 Å². The minimum absolute atomic E-state index is 0.0475. The Morgan fingerprint density at radius 3 is 2.55 bits per heavy atom. The molecule has 2 nitrogen and oxygen atoms in total. The second-order valence-corrected chi connectivity index (χ2v) is 5.74. The van der Waals surface area contributed by atoms with Crippen LogP contribution in [0, 0.1) is 0 Å². The number of benzene rings is 2. The van der Waals surface area contributed by atoms with Gasteiger partial charge < -0.3 is 5.11 Å². The molecular weight excluding hydrogens is 295 g/mol. The van der Waals surface area contributed by atoms with Gasteiger partial charge in [-0.15, -0.1) is 0 Å². The Hall–Kier alpha value is -1.35. The van der Waals surface area contributed by atoms with Crippen LogP contribution in [-0.2, 0) is 0 Å². The molecule has 0 amide bonds. The van der Waals surface area contributed by atoms with E-state index in [0.717, 1.165) is 11.1 Å². The van der Waals surface area contributed by atoms with Crippen LogP contribution < -0.4 is 0 Å². The summed E-state index contributed by atoms with van der Waals surface area (Å²) in [7, 11) is 0. The van der Waals surface area contributed by atoms with Crippen molar-refractivity contribution in [3.8, 4) is 0 Å². The van der Waals surface area contributed by atoms with Gasteiger partial charge in [0, 0.05) is 11.5 Å². The molecule has 1 aliphatic rings. The van der Waals surface area contributed by atoms with E-state index in [1.165, 1.54) is 0 Å². The number of Topliss-reactive ketones (excluding diaryl/α,β-unsaturated/α-hetero) is 1. The molecule has 0 spiro atoms. The molecule has 0 heterocycles. The molecule has 4 heteroatoms. The number of carbonyl (C=O) groups excluding carboxylic acids is 1.